The van der Waals surface area contributed by atoms with Gasteiger partial charge in [-0.3, -0.25) is 9.59 Å². The van der Waals surface area contributed by atoms with Crippen molar-refractivity contribution in [2.45, 2.75) is 25.4 Å². The fourth-order valence-electron chi connectivity index (χ4n) is 1.98. The predicted molar refractivity (Wildman–Crippen MR) is 71.5 cm³/mol. The smallest absolute Gasteiger partial charge is 0.267 e. The van der Waals surface area contributed by atoms with E-state index in [4.69, 9.17) is 5.73 Å². The van der Waals surface area contributed by atoms with Gasteiger partial charge in [-0.1, -0.05) is 0 Å². The molecule has 1 aromatic heterocycles. The number of hydrogen-bond acceptors (Lipinski definition) is 5. The summed E-state index contributed by atoms with van der Waals surface area (Å²) < 4.78 is 0. The fraction of sp³-hybridized carbons (Fsp3) is 0.417. The molecule has 1 atom stereocenters. The lowest BCUT2D eigenvalue weighted by atomic mass is 10.2. The van der Waals surface area contributed by atoms with E-state index < -0.39 is 5.91 Å². The van der Waals surface area contributed by atoms with Crippen LogP contribution in [-0.4, -0.2) is 34.5 Å². The molecule has 0 aliphatic carbocycles. The Bertz CT molecular complexity index is 513. The maximum atomic E-state index is 11.0. The van der Waals surface area contributed by atoms with Crippen LogP contribution >= 0.6 is 0 Å². The number of carbonyl (C=O) groups is 2. The Hall–Kier alpha value is -2.15. The van der Waals surface area contributed by atoms with E-state index in [1.54, 1.807) is 0 Å². The van der Waals surface area contributed by atoms with Crippen LogP contribution in [0.4, 0.5) is 0 Å². The van der Waals surface area contributed by atoms with Crippen LogP contribution in [0, 0.1) is 0 Å². The van der Waals surface area contributed by atoms with Gasteiger partial charge in [0.05, 0.1) is 6.20 Å². The van der Waals surface area contributed by atoms with Crippen molar-refractivity contribution in [1.82, 2.24) is 15.6 Å². The van der Waals surface area contributed by atoms with Gasteiger partial charge in [-0.2, -0.15) is 0 Å². The van der Waals surface area contributed by atoms with E-state index in [-0.39, 0.29) is 26.2 Å². The Labute approximate surface area is 113 Å². The number of nitrogens with zero attached hydrogens (tertiary/aromatic N) is 1. The van der Waals surface area contributed by atoms with Crippen LogP contribution in [0.5, 0.6) is 5.75 Å². The highest BCUT2D eigenvalue weighted by Gasteiger charge is 2.20. The molecule has 2 heterocycles. The van der Waals surface area contributed by atoms with Gasteiger partial charge in [-0.25, -0.2) is 4.98 Å². The second-order valence-electron chi connectivity index (χ2n) is 4.50. The number of rotatable bonds is 5. The molecule has 0 saturated carbocycles. The minimum Gasteiger partial charge on any atom is -0.506 e. The highest BCUT2D eigenvalue weighted by molar-refractivity contribution is 5.91. The van der Waals surface area contributed by atoms with E-state index in [1.165, 1.54) is 12.3 Å². The van der Waals surface area contributed by atoms with E-state index in [2.05, 4.69) is 15.6 Å². The zero-order chi connectivity index (χ0) is 13.8. The quantitative estimate of drug-likeness (QED) is 0.587. The third kappa shape index (κ3) is 3.41. The van der Waals surface area contributed by atoms with E-state index in [9.17, 15) is 14.7 Å². The number of nitrogens with two attached hydrogens (primary N) is 1. The summed E-state index contributed by atoms with van der Waals surface area (Å²) in [4.78, 5) is 25.7. The summed E-state index contributed by atoms with van der Waals surface area (Å²) in [7, 11) is 0. The van der Waals surface area contributed by atoms with E-state index in [1.807, 2.05) is 0 Å². The van der Waals surface area contributed by atoms with Gasteiger partial charge in [0.15, 0.2) is 0 Å². The minimum absolute atomic E-state index is 0. The van der Waals surface area contributed by atoms with Crippen LogP contribution in [0.15, 0.2) is 12.3 Å². The Balaban J connectivity index is 0.00000200. The topological polar surface area (TPSA) is 117 Å². The van der Waals surface area contributed by atoms with Crippen molar-refractivity contribution in [2.24, 2.45) is 5.73 Å². The van der Waals surface area contributed by atoms with Crippen molar-refractivity contribution < 1.29 is 17.5 Å². The molecule has 2 rings (SSSR count). The number of carbonyl (C=O) groups excluding carboxylic acids is 2. The molecule has 0 unspecified atom stereocenters. The molecule has 0 aromatic carbocycles. The molecule has 7 nitrogen and oxygen atoms in total. The SMILES string of the molecule is NC(=O)c1cc(CNC[C@@H]2CCC(=O)N2)c(O)cn1.[HH].[HH]. The van der Waals surface area contributed by atoms with E-state index in [0.29, 0.717) is 25.1 Å². The standard InChI is InChI=1S/C12H16N4O3.2H2/c13-12(19)9-3-7(10(17)6-15-9)4-14-5-8-1-2-11(18)16-8;;/h3,6,8,14,17H,1-2,4-5H2,(H2,13,19)(H,16,18);2*1H/t8-;;/m0../s1. The Morgan fingerprint density at radius 3 is 3.11 bits per heavy atom. The van der Waals surface area contributed by atoms with E-state index >= 15 is 0 Å². The molecule has 1 aromatic rings. The molecule has 2 amide bonds. The maximum absolute atomic E-state index is 11.0. The molecule has 0 spiro atoms. The summed E-state index contributed by atoms with van der Waals surface area (Å²) in [6.45, 7) is 0.987. The summed E-state index contributed by atoms with van der Waals surface area (Å²) in [5.74, 6) is -0.563. The van der Waals surface area contributed by atoms with Crippen LogP contribution in [0.3, 0.4) is 0 Å². The molecule has 1 aliphatic heterocycles. The average molecular weight is 268 g/mol. The van der Waals surface area contributed by atoms with Crippen molar-refractivity contribution in [1.29, 1.82) is 0 Å². The molecule has 0 radical (unpaired) electrons. The van der Waals surface area contributed by atoms with Gasteiger partial charge in [0.1, 0.15) is 11.4 Å². The lowest BCUT2D eigenvalue weighted by Crippen LogP contribution is -2.35. The first-order chi connectivity index (χ1) is 9.06. The first-order valence-electron chi connectivity index (χ1n) is 6.04. The highest BCUT2D eigenvalue weighted by Crippen LogP contribution is 2.16. The van der Waals surface area contributed by atoms with Crippen LogP contribution in [0.25, 0.3) is 0 Å². The largest absolute Gasteiger partial charge is 0.506 e. The molecule has 0 bridgehead atoms. The predicted octanol–water partition coefficient (Wildman–Crippen LogP) is -0.254. The third-order valence-corrected chi connectivity index (χ3v) is 3.01. The lowest BCUT2D eigenvalue weighted by Gasteiger charge is -2.12. The first kappa shape index (κ1) is 13.3. The van der Waals surface area contributed by atoms with Gasteiger partial charge in [0.2, 0.25) is 5.91 Å². The molecule has 106 valence electrons. The monoisotopic (exact) mass is 268 g/mol. The Morgan fingerprint density at radius 1 is 1.68 bits per heavy atom. The number of aromatic hydroxyl groups is 1. The lowest BCUT2D eigenvalue weighted by molar-refractivity contribution is -0.119. The molecule has 19 heavy (non-hydrogen) atoms. The second-order valence-corrected chi connectivity index (χ2v) is 4.50. The van der Waals surface area contributed by atoms with Gasteiger partial charge in [-0.05, 0) is 12.5 Å². The van der Waals surface area contributed by atoms with Crippen molar-refractivity contribution in [2.75, 3.05) is 6.54 Å². The number of hydrogen-bond donors (Lipinski definition) is 4. The normalized spacial score (nSPS) is 18.3. The van der Waals surface area contributed by atoms with Gasteiger partial charge in [-0.15, -0.1) is 0 Å². The van der Waals surface area contributed by atoms with E-state index in [0.717, 1.165) is 6.42 Å². The van der Waals surface area contributed by atoms with Crippen LogP contribution in [0.1, 0.15) is 31.7 Å². The number of aromatic nitrogens is 1. The summed E-state index contributed by atoms with van der Waals surface area (Å²) >= 11 is 0. The molecule has 7 heteroatoms. The number of primary amides is 1. The summed E-state index contributed by atoms with van der Waals surface area (Å²) in [6, 6.07) is 1.57. The zero-order valence-corrected chi connectivity index (χ0v) is 10.3. The molecule has 1 saturated heterocycles. The summed E-state index contributed by atoms with van der Waals surface area (Å²) in [6.07, 6.45) is 2.56. The number of pyridine rings is 1. The zero-order valence-electron chi connectivity index (χ0n) is 10.3. The third-order valence-electron chi connectivity index (χ3n) is 3.01. The molecular weight excluding hydrogens is 248 g/mol. The fourth-order valence-corrected chi connectivity index (χ4v) is 1.98. The first-order valence-corrected chi connectivity index (χ1v) is 6.04. The maximum Gasteiger partial charge on any atom is 0.267 e. The van der Waals surface area contributed by atoms with Gasteiger partial charge in [0.25, 0.3) is 5.91 Å². The molecular formula is C12H20N4O3. The molecule has 1 aliphatic rings. The van der Waals surface area contributed by atoms with Crippen molar-refractivity contribution in [3.05, 3.63) is 23.5 Å². The van der Waals surface area contributed by atoms with Crippen LogP contribution in [0.2, 0.25) is 0 Å². The number of nitrogens with one attached hydrogen (secondary N) is 2. The van der Waals surface area contributed by atoms with Crippen molar-refractivity contribution in [3.8, 4) is 5.75 Å². The summed E-state index contributed by atoms with van der Waals surface area (Å²) in [5, 5.41) is 15.6. The van der Waals surface area contributed by atoms with Crippen molar-refractivity contribution in [3.63, 3.8) is 0 Å². The second kappa shape index (κ2) is 5.66. The van der Waals surface area contributed by atoms with Crippen molar-refractivity contribution >= 4 is 11.8 Å². The molecule has 1 fully saturated rings. The van der Waals surface area contributed by atoms with Crippen LogP contribution < -0.4 is 16.4 Å². The number of amides is 2. The average Bonchev–Trinajstić information content (AvgIpc) is 2.77. The van der Waals surface area contributed by atoms with Gasteiger partial charge < -0.3 is 21.5 Å². The Morgan fingerprint density at radius 2 is 2.47 bits per heavy atom. The van der Waals surface area contributed by atoms with Crippen LogP contribution in [-0.2, 0) is 11.3 Å². The Kier molecular flexibility index (Phi) is 3.96. The molecule has 5 N–H and O–H groups in total. The minimum atomic E-state index is -0.635. The summed E-state index contributed by atoms with van der Waals surface area (Å²) in [5.41, 5.74) is 5.79. The van der Waals surface area contributed by atoms with Gasteiger partial charge >= 0.3 is 0 Å². The highest BCUT2D eigenvalue weighted by atomic mass is 16.3. The van der Waals surface area contributed by atoms with Gasteiger partial charge in [0, 0.05) is 34.0 Å².